The molecule has 0 unspecified atom stereocenters. The van der Waals surface area contributed by atoms with E-state index in [2.05, 4.69) is 15.3 Å². The van der Waals surface area contributed by atoms with Crippen molar-refractivity contribution in [1.29, 1.82) is 0 Å². The van der Waals surface area contributed by atoms with Gasteiger partial charge in [0.2, 0.25) is 0 Å². The second-order valence-corrected chi connectivity index (χ2v) is 9.98. The number of benzene rings is 1. The third-order valence-electron chi connectivity index (χ3n) is 5.23. The fourth-order valence-electron chi connectivity index (χ4n) is 3.52. The van der Waals surface area contributed by atoms with E-state index in [4.69, 9.17) is 27.9 Å². The highest BCUT2D eigenvalue weighted by Gasteiger charge is 2.39. The third-order valence-corrected chi connectivity index (χ3v) is 6.05. The Morgan fingerprint density at radius 2 is 1.82 bits per heavy atom. The quantitative estimate of drug-likeness (QED) is 0.527. The standard InChI is InChI=1S/C22H25Cl2F3N4O2/c1-20(2,3)33-19(32)30-21(4)8-10-31(11-9-21)15-12-28-17(18(29-15)22(25,26)27)13-6-5-7-14(23)16(13)24/h5-7,12H,8-11H2,1-4H3,(H,30,32). The van der Waals surface area contributed by atoms with Gasteiger partial charge < -0.3 is 15.0 Å². The van der Waals surface area contributed by atoms with Crippen molar-refractivity contribution in [2.24, 2.45) is 0 Å². The van der Waals surface area contributed by atoms with E-state index in [-0.39, 0.29) is 27.1 Å². The molecular formula is C22H25Cl2F3N4O2. The molecule has 11 heteroatoms. The van der Waals surface area contributed by atoms with Crippen LogP contribution in [0.25, 0.3) is 11.3 Å². The van der Waals surface area contributed by atoms with Crippen LogP contribution in [-0.4, -0.2) is 40.3 Å². The Balaban J connectivity index is 1.81. The molecule has 3 rings (SSSR count). The van der Waals surface area contributed by atoms with Crippen molar-refractivity contribution in [2.75, 3.05) is 18.0 Å². The van der Waals surface area contributed by atoms with Gasteiger partial charge in [-0.05, 0) is 46.6 Å². The van der Waals surface area contributed by atoms with Crippen molar-refractivity contribution in [2.45, 2.75) is 57.9 Å². The molecule has 0 aliphatic carbocycles. The minimum absolute atomic E-state index is 0.0197. The van der Waals surface area contributed by atoms with Crippen molar-refractivity contribution in [1.82, 2.24) is 15.3 Å². The molecule has 2 aromatic rings. The van der Waals surface area contributed by atoms with Crippen molar-refractivity contribution >= 4 is 35.1 Å². The fraction of sp³-hybridized carbons (Fsp3) is 0.500. The van der Waals surface area contributed by atoms with Crippen molar-refractivity contribution in [3.8, 4) is 11.3 Å². The number of alkyl halides is 3. The van der Waals surface area contributed by atoms with Crippen LogP contribution in [0.5, 0.6) is 0 Å². The molecule has 2 heterocycles. The van der Waals surface area contributed by atoms with Crippen LogP contribution in [0.15, 0.2) is 24.4 Å². The monoisotopic (exact) mass is 504 g/mol. The number of nitrogens with one attached hydrogen (secondary N) is 1. The second kappa shape index (κ2) is 9.18. The minimum atomic E-state index is -4.74. The van der Waals surface area contributed by atoms with Gasteiger partial charge in [0.05, 0.1) is 16.2 Å². The average molecular weight is 505 g/mol. The molecule has 0 spiro atoms. The van der Waals surface area contributed by atoms with Gasteiger partial charge in [-0.2, -0.15) is 13.2 Å². The van der Waals surface area contributed by atoms with Gasteiger partial charge in [0, 0.05) is 24.2 Å². The first-order valence-corrected chi connectivity index (χ1v) is 11.1. The number of halogens is 5. The molecule has 0 saturated carbocycles. The zero-order valence-electron chi connectivity index (χ0n) is 18.7. The van der Waals surface area contributed by atoms with E-state index in [0.29, 0.717) is 25.9 Å². The molecule has 1 saturated heterocycles. The Hall–Kier alpha value is -2.26. The van der Waals surface area contributed by atoms with Crippen molar-refractivity contribution in [3.63, 3.8) is 0 Å². The van der Waals surface area contributed by atoms with E-state index in [1.807, 2.05) is 6.92 Å². The Bertz CT molecular complexity index is 1030. The molecule has 1 N–H and O–H groups in total. The zero-order chi connectivity index (χ0) is 24.6. The van der Waals surface area contributed by atoms with E-state index < -0.39 is 29.1 Å². The summed E-state index contributed by atoms with van der Waals surface area (Å²) in [4.78, 5) is 21.8. The maximum atomic E-state index is 13.9. The molecule has 6 nitrogen and oxygen atoms in total. The van der Waals surface area contributed by atoms with Crippen molar-refractivity contribution in [3.05, 3.63) is 40.1 Å². The van der Waals surface area contributed by atoms with Crippen LogP contribution in [0.4, 0.5) is 23.8 Å². The highest BCUT2D eigenvalue weighted by atomic mass is 35.5. The van der Waals surface area contributed by atoms with Gasteiger partial charge in [0.15, 0.2) is 5.69 Å². The van der Waals surface area contributed by atoms with Crippen LogP contribution in [0.2, 0.25) is 10.0 Å². The lowest BCUT2D eigenvalue weighted by Gasteiger charge is -2.40. The Morgan fingerprint density at radius 3 is 2.39 bits per heavy atom. The van der Waals surface area contributed by atoms with Crippen molar-refractivity contribution < 1.29 is 22.7 Å². The summed E-state index contributed by atoms with van der Waals surface area (Å²) in [6.07, 6.45) is -2.98. The first-order valence-electron chi connectivity index (χ1n) is 10.3. The first-order chi connectivity index (χ1) is 15.2. The molecule has 1 aromatic heterocycles. The highest BCUT2D eigenvalue weighted by molar-refractivity contribution is 6.43. The van der Waals surface area contributed by atoms with Crippen LogP contribution in [-0.2, 0) is 10.9 Å². The molecule has 33 heavy (non-hydrogen) atoms. The van der Waals surface area contributed by atoms with Crippen LogP contribution >= 0.6 is 23.2 Å². The minimum Gasteiger partial charge on any atom is -0.444 e. The van der Waals surface area contributed by atoms with Gasteiger partial charge in [0.25, 0.3) is 0 Å². The Kier molecular flexibility index (Phi) is 7.05. The number of piperidine rings is 1. The summed E-state index contributed by atoms with van der Waals surface area (Å²) < 4.78 is 46.9. The lowest BCUT2D eigenvalue weighted by molar-refractivity contribution is -0.140. The van der Waals surface area contributed by atoms with Gasteiger partial charge in [-0.3, -0.25) is 4.98 Å². The largest absolute Gasteiger partial charge is 0.444 e. The van der Waals surface area contributed by atoms with E-state index in [0.717, 1.165) is 0 Å². The fourth-order valence-corrected chi connectivity index (χ4v) is 3.91. The van der Waals surface area contributed by atoms with Gasteiger partial charge in [-0.25, -0.2) is 9.78 Å². The SMILES string of the molecule is CC1(NC(=O)OC(C)(C)C)CCN(c2cnc(-c3cccc(Cl)c3Cl)c(C(F)(F)F)n2)CC1. The molecule has 180 valence electrons. The number of ether oxygens (including phenoxy) is 1. The van der Waals surface area contributed by atoms with Gasteiger partial charge in [0.1, 0.15) is 17.1 Å². The normalized spacial score (nSPS) is 16.5. The Labute approximate surface area is 200 Å². The number of alkyl carbamates (subject to hydrolysis) is 1. The molecular weight excluding hydrogens is 480 g/mol. The number of carbonyl (C=O) groups excluding carboxylic acids is 1. The summed E-state index contributed by atoms with van der Waals surface area (Å²) >= 11 is 12.1. The predicted molar refractivity (Wildman–Crippen MR) is 122 cm³/mol. The summed E-state index contributed by atoms with van der Waals surface area (Å²) in [5.41, 5.74) is -2.63. The maximum absolute atomic E-state index is 13.9. The van der Waals surface area contributed by atoms with Gasteiger partial charge in [-0.15, -0.1) is 0 Å². The first kappa shape index (κ1) is 25.4. The van der Waals surface area contributed by atoms with E-state index in [1.165, 1.54) is 24.4 Å². The maximum Gasteiger partial charge on any atom is 0.435 e. The third kappa shape index (κ3) is 6.20. The van der Waals surface area contributed by atoms with Crippen LogP contribution in [0.1, 0.15) is 46.2 Å². The van der Waals surface area contributed by atoms with Crippen LogP contribution < -0.4 is 10.2 Å². The van der Waals surface area contributed by atoms with E-state index >= 15 is 0 Å². The summed E-state index contributed by atoms with van der Waals surface area (Å²) in [6, 6.07) is 4.41. The Morgan fingerprint density at radius 1 is 1.18 bits per heavy atom. The lowest BCUT2D eigenvalue weighted by atomic mass is 9.90. The average Bonchev–Trinajstić information content (AvgIpc) is 2.68. The lowest BCUT2D eigenvalue weighted by Crippen LogP contribution is -2.54. The number of rotatable bonds is 3. The molecule has 1 aliphatic rings. The summed E-state index contributed by atoms with van der Waals surface area (Å²) in [5.74, 6) is 0.101. The molecule has 1 aliphatic heterocycles. The summed E-state index contributed by atoms with van der Waals surface area (Å²) in [6.45, 7) is 7.97. The smallest absolute Gasteiger partial charge is 0.435 e. The number of nitrogens with zero attached hydrogens (tertiary/aromatic N) is 3. The number of carbonyl (C=O) groups is 1. The zero-order valence-corrected chi connectivity index (χ0v) is 20.2. The summed E-state index contributed by atoms with van der Waals surface area (Å²) in [5, 5.41) is 2.98. The van der Waals surface area contributed by atoms with E-state index in [9.17, 15) is 18.0 Å². The molecule has 0 atom stereocenters. The molecule has 0 radical (unpaired) electrons. The molecule has 1 aromatic carbocycles. The summed E-state index contributed by atoms with van der Waals surface area (Å²) in [7, 11) is 0. The van der Waals surface area contributed by atoms with Crippen LogP contribution in [0, 0.1) is 0 Å². The predicted octanol–water partition coefficient (Wildman–Crippen LogP) is 6.35. The van der Waals surface area contributed by atoms with Crippen LogP contribution in [0.3, 0.4) is 0 Å². The molecule has 1 amide bonds. The molecule has 0 bridgehead atoms. The second-order valence-electron chi connectivity index (χ2n) is 9.20. The number of anilines is 1. The van der Waals surface area contributed by atoms with Gasteiger partial charge in [-0.1, -0.05) is 35.3 Å². The van der Waals surface area contributed by atoms with E-state index in [1.54, 1.807) is 25.7 Å². The van der Waals surface area contributed by atoms with Gasteiger partial charge >= 0.3 is 12.3 Å². The number of hydrogen-bond acceptors (Lipinski definition) is 5. The topological polar surface area (TPSA) is 67.3 Å². The molecule has 1 fully saturated rings. The highest BCUT2D eigenvalue weighted by Crippen LogP contribution is 2.40. The number of aromatic nitrogens is 2. The number of hydrogen-bond donors (Lipinski definition) is 1. The number of amides is 1.